The molecule has 0 spiro atoms. The molecule has 0 aliphatic rings. The number of benzene rings is 3. The SMILES string of the molecule is O=C(/C=C/c1cccc(Cl)c1)c1cc(C(=O)/C=C/c2cccc(Cl)c2)c(O)cc1O. The smallest absolute Gasteiger partial charge is 0.189 e. The van der Waals surface area contributed by atoms with Crippen molar-refractivity contribution in [2.75, 3.05) is 0 Å². The molecule has 0 saturated heterocycles. The number of carbonyl (C=O) groups excluding carboxylic acids is 2. The average Bonchev–Trinajstić information content (AvgIpc) is 2.70. The zero-order valence-corrected chi connectivity index (χ0v) is 17.1. The van der Waals surface area contributed by atoms with Gasteiger partial charge >= 0.3 is 0 Å². The van der Waals surface area contributed by atoms with E-state index in [0.29, 0.717) is 21.2 Å². The van der Waals surface area contributed by atoms with Gasteiger partial charge in [0.2, 0.25) is 0 Å². The molecule has 4 nitrogen and oxygen atoms in total. The van der Waals surface area contributed by atoms with Crippen molar-refractivity contribution >= 4 is 46.9 Å². The van der Waals surface area contributed by atoms with Gasteiger partial charge in [-0.1, -0.05) is 59.6 Å². The zero-order chi connectivity index (χ0) is 21.7. The molecule has 0 atom stereocenters. The first-order valence-electron chi connectivity index (χ1n) is 8.85. The summed E-state index contributed by atoms with van der Waals surface area (Å²) >= 11 is 11.8. The molecule has 0 heterocycles. The Bertz CT molecular complexity index is 1090. The van der Waals surface area contributed by atoms with Crippen molar-refractivity contribution in [2.24, 2.45) is 0 Å². The molecule has 0 aliphatic heterocycles. The van der Waals surface area contributed by atoms with Gasteiger partial charge in [0, 0.05) is 16.1 Å². The predicted octanol–water partition coefficient (Wildman–Crippen LogP) is 6.20. The Kier molecular flexibility index (Phi) is 6.72. The van der Waals surface area contributed by atoms with Crippen molar-refractivity contribution in [3.05, 3.63) is 105 Å². The van der Waals surface area contributed by atoms with Crippen LogP contribution in [0.1, 0.15) is 31.8 Å². The fourth-order valence-corrected chi connectivity index (χ4v) is 3.11. The largest absolute Gasteiger partial charge is 0.507 e. The molecule has 3 aromatic carbocycles. The highest BCUT2D eigenvalue weighted by molar-refractivity contribution is 6.31. The van der Waals surface area contributed by atoms with E-state index in [2.05, 4.69) is 0 Å². The molecule has 3 rings (SSSR count). The summed E-state index contributed by atoms with van der Waals surface area (Å²) in [6.45, 7) is 0. The van der Waals surface area contributed by atoms with Crippen LogP contribution in [0.4, 0.5) is 0 Å². The average molecular weight is 439 g/mol. The van der Waals surface area contributed by atoms with Gasteiger partial charge in [0.15, 0.2) is 11.6 Å². The normalized spacial score (nSPS) is 11.3. The molecule has 0 aromatic heterocycles. The number of phenols is 2. The third kappa shape index (κ3) is 5.38. The van der Waals surface area contributed by atoms with Crippen molar-refractivity contribution in [3.63, 3.8) is 0 Å². The van der Waals surface area contributed by atoms with Crippen LogP contribution in [0, 0.1) is 0 Å². The van der Waals surface area contributed by atoms with Crippen molar-refractivity contribution < 1.29 is 19.8 Å². The number of ketones is 2. The van der Waals surface area contributed by atoms with Gasteiger partial charge in [-0.15, -0.1) is 0 Å². The Morgan fingerprint density at radius 2 is 1.10 bits per heavy atom. The van der Waals surface area contributed by atoms with Crippen LogP contribution in [0.2, 0.25) is 10.0 Å². The lowest BCUT2D eigenvalue weighted by molar-refractivity contribution is 0.104. The predicted molar refractivity (Wildman–Crippen MR) is 119 cm³/mol. The first kappa shape index (κ1) is 21.4. The molecular weight excluding hydrogens is 423 g/mol. The van der Waals surface area contributed by atoms with E-state index < -0.39 is 23.1 Å². The minimum Gasteiger partial charge on any atom is -0.507 e. The number of hydrogen-bond acceptors (Lipinski definition) is 4. The molecule has 0 unspecified atom stereocenters. The fourth-order valence-electron chi connectivity index (χ4n) is 2.72. The van der Waals surface area contributed by atoms with Gasteiger partial charge in [0.05, 0.1) is 11.1 Å². The lowest BCUT2D eigenvalue weighted by atomic mass is 10.0. The number of phenolic OH excluding ortho intramolecular Hbond substituents is 2. The molecule has 0 bridgehead atoms. The summed E-state index contributed by atoms with van der Waals surface area (Å²) in [6, 6.07) is 15.9. The highest BCUT2D eigenvalue weighted by atomic mass is 35.5. The summed E-state index contributed by atoms with van der Waals surface area (Å²) in [5.74, 6) is -1.91. The molecule has 0 saturated carbocycles. The van der Waals surface area contributed by atoms with Gasteiger partial charge in [0.25, 0.3) is 0 Å². The maximum atomic E-state index is 12.5. The second-order valence-corrected chi connectivity index (χ2v) is 7.26. The standard InChI is InChI=1S/C24H16Cl2O4/c25-17-5-1-3-15(11-17)7-9-21(27)19-13-20(24(30)14-23(19)29)22(28)10-8-16-4-2-6-18(26)12-16/h1-14,29-30H/b9-7+,10-8+. The van der Waals surface area contributed by atoms with E-state index in [1.807, 2.05) is 0 Å². The van der Waals surface area contributed by atoms with Gasteiger partial charge in [-0.05, 0) is 53.6 Å². The molecule has 0 aliphatic carbocycles. The van der Waals surface area contributed by atoms with Crippen LogP contribution in [0.5, 0.6) is 11.5 Å². The van der Waals surface area contributed by atoms with Gasteiger partial charge < -0.3 is 10.2 Å². The van der Waals surface area contributed by atoms with Crippen molar-refractivity contribution in [3.8, 4) is 11.5 Å². The molecule has 0 amide bonds. The molecule has 3 aromatic rings. The number of allylic oxidation sites excluding steroid dienone is 2. The molecule has 0 fully saturated rings. The maximum Gasteiger partial charge on any atom is 0.189 e. The number of rotatable bonds is 6. The summed E-state index contributed by atoms with van der Waals surface area (Å²) in [6.07, 6.45) is 5.60. The van der Waals surface area contributed by atoms with Gasteiger partial charge in [0.1, 0.15) is 11.5 Å². The summed E-state index contributed by atoms with van der Waals surface area (Å²) in [7, 11) is 0. The van der Waals surface area contributed by atoms with Crippen LogP contribution in [0.15, 0.2) is 72.8 Å². The monoisotopic (exact) mass is 438 g/mol. The second kappa shape index (κ2) is 9.44. The summed E-state index contributed by atoms with van der Waals surface area (Å²) in [4.78, 5) is 25.0. The Balaban J connectivity index is 1.86. The topological polar surface area (TPSA) is 74.6 Å². The maximum absolute atomic E-state index is 12.5. The number of hydrogen-bond donors (Lipinski definition) is 2. The number of carbonyl (C=O) groups is 2. The van der Waals surface area contributed by atoms with Gasteiger partial charge in [-0.25, -0.2) is 0 Å². The van der Waals surface area contributed by atoms with Gasteiger partial charge in [-0.3, -0.25) is 9.59 Å². The summed E-state index contributed by atoms with van der Waals surface area (Å²) in [5.41, 5.74) is 1.20. The lowest BCUT2D eigenvalue weighted by Crippen LogP contribution is -2.01. The summed E-state index contributed by atoms with van der Waals surface area (Å²) < 4.78 is 0. The minimum absolute atomic E-state index is 0.106. The third-order valence-corrected chi connectivity index (χ3v) is 4.67. The van der Waals surface area contributed by atoms with E-state index in [-0.39, 0.29) is 11.1 Å². The van der Waals surface area contributed by atoms with E-state index in [9.17, 15) is 19.8 Å². The van der Waals surface area contributed by atoms with Gasteiger partial charge in [-0.2, -0.15) is 0 Å². The Morgan fingerprint density at radius 1 is 0.667 bits per heavy atom. The highest BCUT2D eigenvalue weighted by Gasteiger charge is 2.17. The van der Waals surface area contributed by atoms with E-state index >= 15 is 0 Å². The molecule has 6 heteroatoms. The fraction of sp³-hybridized carbons (Fsp3) is 0. The van der Waals surface area contributed by atoms with Crippen molar-refractivity contribution in [2.45, 2.75) is 0 Å². The first-order chi connectivity index (χ1) is 14.3. The van der Waals surface area contributed by atoms with Crippen molar-refractivity contribution in [1.29, 1.82) is 0 Å². The van der Waals surface area contributed by atoms with Crippen LogP contribution in [0.3, 0.4) is 0 Å². The van der Waals surface area contributed by atoms with E-state index in [1.54, 1.807) is 60.7 Å². The zero-order valence-electron chi connectivity index (χ0n) is 15.5. The van der Waals surface area contributed by atoms with Crippen molar-refractivity contribution in [1.82, 2.24) is 0 Å². The molecular formula is C24H16Cl2O4. The van der Waals surface area contributed by atoms with E-state index in [4.69, 9.17) is 23.2 Å². The molecule has 150 valence electrons. The van der Waals surface area contributed by atoms with Crippen LogP contribution in [0.25, 0.3) is 12.2 Å². The summed E-state index contributed by atoms with van der Waals surface area (Å²) in [5, 5.41) is 21.2. The number of halogens is 2. The lowest BCUT2D eigenvalue weighted by Gasteiger charge is -2.06. The van der Waals surface area contributed by atoms with Crippen LogP contribution < -0.4 is 0 Å². The second-order valence-electron chi connectivity index (χ2n) is 6.39. The molecule has 0 radical (unpaired) electrons. The number of aromatic hydroxyl groups is 2. The van der Waals surface area contributed by atoms with E-state index in [1.165, 1.54) is 18.2 Å². The first-order valence-corrected chi connectivity index (χ1v) is 9.61. The highest BCUT2D eigenvalue weighted by Crippen LogP contribution is 2.29. The molecule has 30 heavy (non-hydrogen) atoms. The Morgan fingerprint density at radius 3 is 1.50 bits per heavy atom. The molecule has 2 N–H and O–H groups in total. The van der Waals surface area contributed by atoms with E-state index in [0.717, 1.165) is 6.07 Å². The quantitative estimate of drug-likeness (QED) is 0.355. The Hall–Kier alpha value is -3.34. The third-order valence-electron chi connectivity index (χ3n) is 4.20. The minimum atomic E-state index is -0.527. The Labute approximate surface area is 183 Å². The van der Waals surface area contributed by atoms with Crippen LogP contribution in [-0.4, -0.2) is 21.8 Å². The van der Waals surface area contributed by atoms with Crippen LogP contribution in [-0.2, 0) is 0 Å². The van der Waals surface area contributed by atoms with Crippen LogP contribution >= 0.6 is 23.2 Å².